The van der Waals surface area contributed by atoms with E-state index in [0.29, 0.717) is 0 Å². The van der Waals surface area contributed by atoms with Gasteiger partial charge in [0, 0.05) is 6.07 Å². The van der Waals surface area contributed by atoms with Crippen LogP contribution in [0.3, 0.4) is 0 Å². The predicted octanol–water partition coefficient (Wildman–Crippen LogP) is 7.70. The van der Waals surface area contributed by atoms with E-state index in [2.05, 4.69) is 15.3 Å². The Bertz CT molecular complexity index is 1570. The van der Waals surface area contributed by atoms with E-state index >= 15 is 0 Å². The normalized spacial score (nSPS) is 12.1. The van der Waals surface area contributed by atoms with Crippen molar-refractivity contribution in [2.75, 3.05) is 5.32 Å². The number of ether oxygens (including phenoxy) is 1. The van der Waals surface area contributed by atoms with Crippen LogP contribution in [-0.2, 0) is 0 Å². The molecule has 4 aromatic carbocycles. The fourth-order valence-corrected chi connectivity index (χ4v) is 3.86. The van der Waals surface area contributed by atoms with Crippen molar-refractivity contribution in [2.24, 2.45) is 4.99 Å². The number of aromatic nitrogens is 1. The summed E-state index contributed by atoms with van der Waals surface area (Å²) in [6, 6.07) is 39.3. The monoisotopic (exact) mass is 455 g/mol. The lowest BCUT2D eigenvalue weighted by Crippen LogP contribution is -2.01. The predicted molar refractivity (Wildman–Crippen MR) is 139 cm³/mol. The molecule has 0 bridgehead atoms. The molecule has 3 aliphatic rings. The molecular formula is C30H21N3O2. The first-order chi connectivity index (χ1) is 17.3. The first kappa shape index (κ1) is 20.7. The van der Waals surface area contributed by atoms with Crippen LogP contribution in [0.15, 0.2) is 131 Å². The summed E-state index contributed by atoms with van der Waals surface area (Å²) in [5.41, 5.74) is 5.43. The zero-order valence-corrected chi connectivity index (χ0v) is 18.8. The second-order valence-corrected chi connectivity index (χ2v) is 8.00. The largest absolute Gasteiger partial charge is 0.453 e. The van der Waals surface area contributed by atoms with Crippen molar-refractivity contribution in [3.05, 3.63) is 127 Å². The second kappa shape index (κ2) is 9.15. The van der Waals surface area contributed by atoms with Gasteiger partial charge in [-0.2, -0.15) is 0 Å². The van der Waals surface area contributed by atoms with Gasteiger partial charge in [-0.3, -0.25) is 0 Å². The van der Waals surface area contributed by atoms with E-state index in [1.807, 2.05) is 121 Å². The summed E-state index contributed by atoms with van der Waals surface area (Å²) < 4.78 is 11.6. The third-order valence-electron chi connectivity index (χ3n) is 5.55. The topological polar surface area (TPSA) is 59.7 Å². The van der Waals surface area contributed by atoms with Crippen LogP contribution in [0.5, 0.6) is 11.5 Å². The lowest BCUT2D eigenvalue weighted by atomic mass is 10.2. The van der Waals surface area contributed by atoms with Crippen LogP contribution in [0.4, 0.5) is 17.1 Å². The van der Waals surface area contributed by atoms with Crippen molar-refractivity contribution in [3.63, 3.8) is 0 Å². The molecule has 0 amide bonds. The average molecular weight is 456 g/mol. The van der Waals surface area contributed by atoms with Crippen LogP contribution in [0.2, 0.25) is 0 Å². The van der Waals surface area contributed by atoms with E-state index < -0.39 is 0 Å². The van der Waals surface area contributed by atoms with Crippen molar-refractivity contribution >= 4 is 28.2 Å². The first-order valence-corrected chi connectivity index (χ1v) is 11.3. The van der Waals surface area contributed by atoms with Crippen LogP contribution in [0.1, 0.15) is 0 Å². The molecule has 5 heteroatoms. The van der Waals surface area contributed by atoms with Gasteiger partial charge in [0.1, 0.15) is 11.2 Å². The third kappa shape index (κ3) is 4.48. The van der Waals surface area contributed by atoms with E-state index in [1.165, 1.54) is 0 Å². The summed E-state index contributed by atoms with van der Waals surface area (Å²) in [5.74, 6) is 2.50. The molecule has 0 saturated carbocycles. The average Bonchev–Trinajstić information content (AvgIpc) is 2.91. The van der Waals surface area contributed by atoms with Crippen LogP contribution < -0.4 is 15.4 Å². The molecule has 5 nitrogen and oxygen atoms in total. The van der Waals surface area contributed by atoms with Gasteiger partial charge in [-0.05, 0) is 60.7 Å². The summed E-state index contributed by atoms with van der Waals surface area (Å²) in [5, 5.41) is 4.17. The molecule has 0 radical (unpaired) electrons. The highest BCUT2D eigenvalue weighted by Gasteiger charge is 2.14. The lowest BCUT2D eigenvalue weighted by molar-refractivity contribution is 0.481. The number of nitrogens with one attached hydrogen (secondary N) is 1. The van der Waals surface area contributed by atoms with Gasteiger partial charge in [-0.1, -0.05) is 54.6 Å². The standard InChI is InChI=1S/C18H12N2O.C12H9NO/c1-2-6-13(7-3-1)19-14-10-11-16-18(12-14)21-17-9-5-4-8-15(17)20-16;1-3-7-11-9(5-1)13-10-6-2-4-8-12(10)14-11/h1-12H;1-8,13H/b19-14-;. The minimum Gasteiger partial charge on any atom is -0.453 e. The summed E-state index contributed by atoms with van der Waals surface area (Å²) >= 11 is 0. The number of hydrogen-bond acceptors (Lipinski definition) is 5. The Morgan fingerprint density at radius 2 is 1.29 bits per heavy atom. The van der Waals surface area contributed by atoms with Gasteiger partial charge in [0.05, 0.1) is 22.4 Å². The Kier molecular flexibility index (Phi) is 5.41. The Balaban J connectivity index is 0.000000141. The number of nitrogens with zero attached hydrogens (tertiary/aromatic N) is 2. The maximum Gasteiger partial charge on any atom is 0.155 e. The number of fused-ring (bicyclic) bond motifs is 4. The summed E-state index contributed by atoms with van der Waals surface area (Å²) in [6.07, 6.45) is 0. The van der Waals surface area contributed by atoms with Crippen molar-refractivity contribution in [2.45, 2.75) is 0 Å². The highest BCUT2D eigenvalue weighted by molar-refractivity contribution is 5.76. The van der Waals surface area contributed by atoms with Crippen molar-refractivity contribution in [1.82, 2.24) is 4.98 Å². The number of rotatable bonds is 1. The van der Waals surface area contributed by atoms with Gasteiger partial charge in [-0.25, -0.2) is 9.98 Å². The number of anilines is 2. The first-order valence-electron chi connectivity index (χ1n) is 11.3. The zero-order chi connectivity index (χ0) is 23.5. The van der Waals surface area contributed by atoms with E-state index in [-0.39, 0.29) is 0 Å². The molecule has 0 atom stereocenters. The van der Waals surface area contributed by atoms with Gasteiger partial charge >= 0.3 is 0 Å². The zero-order valence-electron chi connectivity index (χ0n) is 18.8. The number of hydrogen-bond donors (Lipinski definition) is 1. The smallest absolute Gasteiger partial charge is 0.155 e. The molecule has 0 fully saturated rings. The van der Waals surface area contributed by atoms with E-state index in [4.69, 9.17) is 9.15 Å². The molecule has 4 aromatic rings. The molecule has 35 heavy (non-hydrogen) atoms. The molecule has 168 valence electrons. The summed E-state index contributed by atoms with van der Waals surface area (Å²) in [6.45, 7) is 0. The maximum atomic E-state index is 5.90. The minimum atomic E-state index is 0.742. The van der Waals surface area contributed by atoms with Crippen molar-refractivity contribution in [3.8, 4) is 23.0 Å². The Labute approximate surface area is 202 Å². The summed E-state index contributed by atoms with van der Waals surface area (Å²) in [7, 11) is 0. The molecule has 0 unspecified atom stereocenters. The Hall–Kier alpha value is -4.90. The van der Waals surface area contributed by atoms with Gasteiger partial charge < -0.3 is 14.5 Å². The molecule has 1 aliphatic carbocycles. The fraction of sp³-hybridized carbons (Fsp3) is 0. The van der Waals surface area contributed by atoms with Crippen LogP contribution in [-0.4, -0.2) is 4.98 Å². The molecule has 7 rings (SSSR count). The molecular weight excluding hydrogens is 434 g/mol. The molecule has 1 N–H and O–H groups in total. The van der Waals surface area contributed by atoms with Gasteiger partial charge in [-0.15, -0.1) is 0 Å². The van der Waals surface area contributed by atoms with Crippen LogP contribution >= 0.6 is 0 Å². The third-order valence-corrected chi connectivity index (χ3v) is 5.55. The quantitative estimate of drug-likeness (QED) is 0.258. The maximum absolute atomic E-state index is 5.90. The van der Waals surface area contributed by atoms with Gasteiger partial charge in [0.15, 0.2) is 22.8 Å². The molecule has 2 heterocycles. The Morgan fingerprint density at radius 3 is 2.06 bits per heavy atom. The molecule has 0 saturated heterocycles. The SMILES string of the molecule is c1ccc(/N=c2/ccc3nc4ccccc4oc-3c2)cc1.c1ccc2c(c1)Nc1ccccc1O2. The highest BCUT2D eigenvalue weighted by Crippen LogP contribution is 2.41. The summed E-state index contributed by atoms with van der Waals surface area (Å²) in [4.78, 5) is 9.17. The highest BCUT2D eigenvalue weighted by atomic mass is 16.5. The minimum absolute atomic E-state index is 0.742. The van der Waals surface area contributed by atoms with Gasteiger partial charge in [0.2, 0.25) is 0 Å². The van der Waals surface area contributed by atoms with E-state index in [9.17, 15) is 0 Å². The van der Waals surface area contributed by atoms with E-state index in [1.54, 1.807) is 0 Å². The molecule has 0 spiro atoms. The molecule has 2 aliphatic heterocycles. The van der Waals surface area contributed by atoms with E-state index in [0.717, 1.165) is 56.5 Å². The van der Waals surface area contributed by atoms with Gasteiger partial charge in [0.25, 0.3) is 0 Å². The molecule has 0 aromatic heterocycles. The Morgan fingerprint density at radius 1 is 0.629 bits per heavy atom. The van der Waals surface area contributed by atoms with Crippen molar-refractivity contribution < 1.29 is 9.15 Å². The van der Waals surface area contributed by atoms with Crippen molar-refractivity contribution in [1.29, 1.82) is 0 Å². The van der Waals surface area contributed by atoms with Crippen LogP contribution in [0, 0.1) is 0 Å². The lowest BCUT2D eigenvalue weighted by Gasteiger charge is -2.20. The number of para-hydroxylation sites is 7. The number of benzene rings is 5. The fourth-order valence-electron chi connectivity index (χ4n) is 3.86. The van der Waals surface area contributed by atoms with Crippen LogP contribution in [0.25, 0.3) is 22.6 Å². The second-order valence-electron chi connectivity index (χ2n) is 8.00.